The van der Waals surface area contributed by atoms with Crippen molar-refractivity contribution in [1.82, 2.24) is 15.0 Å². The molecule has 0 unspecified atom stereocenters. The van der Waals surface area contributed by atoms with Gasteiger partial charge in [-0.05, 0) is 49.6 Å². The second-order valence-electron chi connectivity index (χ2n) is 5.95. The van der Waals surface area contributed by atoms with Crippen LogP contribution in [0.3, 0.4) is 0 Å². The number of sulfonamides is 1. The van der Waals surface area contributed by atoms with Crippen LogP contribution in [0.5, 0.6) is 0 Å². The fraction of sp³-hybridized carbons (Fsp3) is 0.333. The molecule has 8 heteroatoms. The summed E-state index contributed by atoms with van der Waals surface area (Å²) in [5.74, 6) is -0.330. The summed E-state index contributed by atoms with van der Waals surface area (Å²) in [7, 11) is -3.79. The number of rotatable bonds is 9. The van der Waals surface area contributed by atoms with E-state index >= 15 is 0 Å². The van der Waals surface area contributed by atoms with E-state index in [4.69, 9.17) is 5.11 Å². The van der Waals surface area contributed by atoms with Gasteiger partial charge in [0.25, 0.3) is 5.91 Å². The number of aliphatic hydroxyl groups is 1. The predicted octanol–water partition coefficient (Wildman–Crippen LogP) is 1.10. The molecular weight excluding hydrogens is 354 g/mol. The molecule has 0 saturated heterocycles. The Morgan fingerprint density at radius 1 is 1.27 bits per heavy atom. The zero-order chi connectivity index (χ0) is 19.0. The second kappa shape index (κ2) is 9.42. The summed E-state index contributed by atoms with van der Waals surface area (Å²) in [4.78, 5) is 16.3. The van der Waals surface area contributed by atoms with Crippen molar-refractivity contribution in [1.29, 1.82) is 0 Å². The summed E-state index contributed by atoms with van der Waals surface area (Å²) in [5, 5.41) is 11.8. The number of aliphatic hydroxyl groups excluding tert-OH is 1. The maximum Gasteiger partial charge on any atom is 0.251 e. The van der Waals surface area contributed by atoms with Crippen LogP contribution in [0.15, 0.2) is 53.7 Å². The number of benzene rings is 1. The Morgan fingerprint density at radius 3 is 2.77 bits per heavy atom. The summed E-state index contributed by atoms with van der Waals surface area (Å²) < 4.78 is 26.8. The van der Waals surface area contributed by atoms with Crippen LogP contribution in [-0.4, -0.2) is 43.6 Å². The molecular formula is C18H23N3O4S. The van der Waals surface area contributed by atoms with Crippen molar-refractivity contribution in [3.05, 3.63) is 59.9 Å². The molecule has 0 aliphatic heterocycles. The summed E-state index contributed by atoms with van der Waals surface area (Å²) in [6, 6.07) is 9.04. The summed E-state index contributed by atoms with van der Waals surface area (Å²) in [5.41, 5.74) is 1.37. The van der Waals surface area contributed by atoms with Gasteiger partial charge in [-0.2, -0.15) is 0 Å². The Morgan fingerprint density at radius 2 is 2.08 bits per heavy atom. The second-order valence-corrected chi connectivity index (χ2v) is 7.67. The third-order valence-corrected chi connectivity index (χ3v) is 5.27. The Bertz CT molecular complexity index is 825. The van der Waals surface area contributed by atoms with Crippen molar-refractivity contribution < 1.29 is 18.3 Å². The molecule has 1 aromatic carbocycles. The van der Waals surface area contributed by atoms with Crippen molar-refractivity contribution >= 4 is 15.9 Å². The maximum absolute atomic E-state index is 12.2. The average Bonchev–Trinajstić information content (AvgIpc) is 2.65. The first-order valence-corrected chi connectivity index (χ1v) is 9.81. The molecule has 2 aromatic rings. The molecule has 7 nitrogen and oxygen atoms in total. The molecule has 0 aliphatic rings. The van der Waals surface area contributed by atoms with Crippen LogP contribution in [0.25, 0.3) is 0 Å². The lowest BCUT2D eigenvalue weighted by Gasteiger charge is -2.12. The van der Waals surface area contributed by atoms with Crippen molar-refractivity contribution in [2.45, 2.75) is 30.7 Å². The smallest absolute Gasteiger partial charge is 0.251 e. The number of aryl methyl sites for hydroxylation is 1. The molecule has 0 aliphatic carbocycles. The lowest BCUT2D eigenvalue weighted by Crippen LogP contribution is -2.35. The Balaban J connectivity index is 1.93. The van der Waals surface area contributed by atoms with E-state index in [1.165, 1.54) is 18.2 Å². The molecule has 0 radical (unpaired) electrons. The quantitative estimate of drug-likeness (QED) is 0.567. The first-order valence-electron chi connectivity index (χ1n) is 8.33. The number of amides is 1. The van der Waals surface area contributed by atoms with Gasteiger partial charge in [0.2, 0.25) is 10.0 Å². The highest BCUT2D eigenvalue weighted by molar-refractivity contribution is 7.89. The maximum atomic E-state index is 12.2. The average molecular weight is 377 g/mol. The highest BCUT2D eigenvalue weighted by Crippen LogP contribution is 2.12. The number of aromatic nitrogens is 1. The van der Waals surface area contributed by atoms with E-state index in [0.717, 1.165) is 18.4 Å². The van der Waals surface area contributed by atoms with Crippen molar-refractivity contribution in [2.75, 3.05) is 13.2 Å². The minimum atomic E-state index is -3.79. The molecule has 1 aromatic heterocycles. The van der Waals surface area contributed by atoms with Gasteiger partial charge in [-0.25, -0.2) is 13.1 Å². The van der Waals surface area contributed by atoms with Gasteiger partial charge in [-0.15, -0.1) is 0 Å². The number of nitrogens with zero attached hydrogens (tertiary/aromatic N) is 1. The summed E-state index contributed by atoms with van der Waals surface area (Å²) in [6.07, 6.45) is 5.05. The van der Waals surface area contributed by atoms with Gasteiger partial charge in [0.15, 0.2) is 0 Å². The normalized spacial score (nSPS) is 12.5. The van der Waals surface area contributed by atoms with E-state index in [2.05, 4.69) is 15.0 Å². The molecule has 26 heavy (non-hydrogen) atoms. The first-order chi connectivity index (χ1) is 12.4. The topological polar surface area (TPSA) is 108 Å². The Labute approximate surface area is 153 Å². The molecule has 3 N–H and O–H groups in total. The molecule has 1 heterocycles. The van der Waals surface area contributed by atoms with Gasteiger partial charge in [0, 0.05) is 30.5 Å². The van der Waals surface area contributed by atoms with Crippen LogP contribution in [-0.2, 0) is 16.4 Å². The van der Waals surface area contributed by atoms with Gasteiger partial charge >= 0.3 is 0 Å². The van der Waals surface area contributed by atoms with E-state index < -0.39 is 16.1 Å². The van der Waals surface area contributed by atoms with E-state index in [9.17, 15) is 13.2 Å². The fourth-order valence-corrected chi connectivity index (χ4v) is 3.60. The predicted molar refractivity (Wildman–Crippen MR) is 98.2 cm³/mol. The zero-order valence-corrected chi connectivity index (χ0v) is 15.4. The third-order valence-electron chi connectivity index (χ3n) is 3.69. The highest BCUT2D eigenvalue weighted by atomic mass is 32.2. The molecule has 0 spiro atoms. The number of carbonyl (C=O) groups excluding carboxylic acids is 1. The van der Waals surface area contributed by atoms with E-state index in [1.807, 2.05) is 12.1 Å². The molecule has 2 rings (SSSR count). The zero-order valence-electron chi connectivity index (χ0n) is 14.6. The van der Waals surface area contributed by atoms with Gasteiger partial charge in [-0.1, -0.05) is 12.1 Å². The van der Waals surface area contributed by atoms with Gasteiger partial charge < -0.3 is 10.4 Å². The van der Waals surface area contributed by atoms with Crippen LogP contribution >= 0.6 is 0 Å². The lowest BCUT2D eigenvalue weighted by molar-refractivity contribution is 0.0953. The van der Waals surface area contributed by atoms with Gasteiger partial charge in [0.1, 0.15) is 0 Å². The standard InChI is InChI=1S/C18H23N3O4S/c1-14(13-22)21-26(24,25)17-8-2-7-16(11-17)18(23)20-10-4-6-15-5-3-9-19-12-15/h2-3,5,7-9,11-12,14,21-22H,4,6,10,13H2,1H3,(H,20,23)/t14-/m0/s1. The van der Waals surface area contributed by atoms with E-state index in [-0.39, 0.29) is 23.0 Å². The molecule has 0 saturated carbocycles. The lowest BCUT2D eigenvalue weighted by atomic mass is 10.1. The molecule has 140 valence electrons. The summed E-state index contributed by atoms with van der Waals surface area (Å²) in [6.45, 7) is 1.72. The van der Waals surface area contributed by atoms with Crippen LogP contribution in [0.4, 0.5) is 0 Å². The summed E-state index contributed by atoms with van der Waals surface area (Å²) >= 11 is 0. The Kier molecular flexibility index (Phi) is 7.26. The number of hydrogen-bond acceptors (Lipinski definition) is 5. The number of nitrogens with one attached hydrogen (secondary N) is 2. The molecule has 0 bridgehead atoms. The molecule has 1 atom stereocenters. The number of hydrogen-bond donors (Lipinski definition) is 3. The van der Waals surface area contributed by atoms with E-state index in [0.29, 0.717) is 6.54 Å². The first kappa shape index (κ1) is 20.0. The van der Waals surface area contributed by atoms with Crippen molar-refractivity contribution in [2.24, 2.45) is 0 Å². The van der Waals surface area contributed by atoms with Crippen molar-refractivity contribution in [3.63, 3.8) is 0 Å². The van der Waals surface area contributed by atoms with Gasteiger partial charge in [-0.3, -0.25) is 9.78 Å². The van der Waals surface area contributed by atoms with Crippen LogP contribution in [0, 0.1) is 0 Å². The number of carbonyl (C=O) groups is 1. The third kappa shape index (κ3) is 5.91. The largest absolute Gasteiger partial charge is 0.395 e. The fourth-order valence-electron chi connectivity index (χ4n) is 2.32. The van der Waals surface area contributed by atoms with Gasteiger partial charge in [0.05, 0.1) is 11.5 Å². The van der Waals surface area contributed by atoms with E-state index in [1.54, 1.807) is 25.4 Å². The molecule has 1 amide bonds. The minimum absolute atomic E-state index is 0.0131. The van der Waals surface area contributed by atoms with Crippen molar-refractivity contribution in [3.8, 4) is 0 Å². The van der Waals surface area contributed by atoms with Crippen LogP contribution in [0.2, 0.25) is 0 Å². The SMILES string of the molecule is C[C@@H](CO)NS(=O)(=O)c1cccc(C(=O)NCCCc2cccnc2)c1. The highest BCUT2D eigenvalue weighted by Gasteiger charge is 2.18. The van der Waals surface area contributed by atoms with Crippen LogP contribution in [0.1, 0.15) is 29.3 Å². The minimum Gasteiger partial charge on any atom is -0.395 e. The molecule has 0 fully saturated rings. The Hall–Kier alpha value is -2.29. The number of pyridine rings is 1. The van der Waals surface area contributed by atoms with Crippen LogP contribution < -0.4 is 10.0 Å². The monoisotopic (exact) mass is 377 g/mol.